The zero-order valence-corrected chi connectivity index (χ0v) is 27.8. The van der Waals surface area contributed by atoms with Crippen LogP contribution in [0.1, 0.15) is 36.1 Å². The molecule has 2 aromatic heterocycles. The quantitative estimate of drug-likeness (QED) is 0.110. The van der Waals surface area contributed by atoms with E-state index >= 15 is 0 Å². The van der Waals surface area contributed by atoms with Gasteiger partial charge in [-0.1, -0.05) is 97.1 Å². The first-order chi connectivity index (χ1) is 24.2. The third-order valence-electron chi connectivity index (χ3n) is 9.37. The predicted molar refractivity (Wildman–Crippen MR) is 209 cm³/mol. The number of nitrogens with zero attached hydrogens (tertiary/aromatic N) is 2. The molecule has 0 aliphatic rings. The summed E-state index contributed by atoms with van der Waals surface area (Å²) in [5.74, 6) is 1.54. The molecule has 0 radical (unpaired) electrons. The molecule has 6 aromatic carbocycles. The second-order valence-electron chi connectivity index (χ2n) is 12.3. The number of fused-ring (bicyclic) bond motifs is 6. The highest BCUT2D eigenvalue weighted by molar-refractivity contribution is 6.20. The minimum absolute atomic E-state index is 0.140. The maximum Gasteiger partial charge on any atom is 0.576 e. The zero-order valence-electron chi connectivity index (χ0n) is 27.8. The largest absolute Gasteiger partial charge is 0.576 e. The van der Waals surface area contributed by atoms with Gasteiger partial charge in [0.15, 0.2) is 0 Å². The van der Waals surface area contributed by atoms with Crippen molar-refractivity contribution < 1.29 is 9.31 Å². The maximum absolute atomic E-state index is 5.88. The molecule has 0 aliphatic heterocycles. The van der Waals surface area contributed by atoms with Gasteiger partial charge in [0, 0.05) is 56.7 Å². The Bertz CT molecular complexity index is 2310. The van der Waals surface area contributed by atoms with E-state index < -0.39 is 0 Å². The van der Waals surface area contributed by atoms with Gasteiger partial charge in [0.1, 0.15) is 11.5 Å². The molecule has 238 valence electrons. The fourth-order valence-corrected chi connectivity index (χ4v) is 6.93. The van der Waals surface area contributed by atoms with E-state index in [-0.39, 0.29) is 7.69 Å². The molecule has 2 heterocycles. The Morgan fingerprint density at radius 1 is 0.429 bits per heavy atom. The summed E-state index contributed by atoms with van der Waals surface area (Å²) in [5.41, 5.74) is 9.71. The standard InChI is InChI=1S/C44H37BN2O2/c1-3-46-41-11-7-5-9-37(41)39-29-33(21-27-43(39)46)15-13-31-17-23-35(24-18-31)48-45-49-36-25-19-32(20-26-36)14-16-34-22-28-44-40(30-34)38-10-6-8-12-42(38)47(44)4-2/h5-30,45H,3-4H2,1-2H3/b15-13+,16-14+. The molecule has 0 saturated carbocycles. The highest BCUT2D eigenvalue weighted by Crippen LogP contribution is 2.31. The van der Waals surface area contributed by atoms with Crippen LogP contribution in [0.25, 0.3) is 67.9 Å². The Kier molecular flexibility index (Phi) is 8.24. The summed E-state index contributed by atoms with van der Waals surface area (Å²) in [7, 11) is 0.140. The Morgan fingerprint density at radius 3 is 1.22 bits per heavy atom. The van der Waals surface area contributed by atoms with E-state index in [2.05, 4.69) is 156 Å². The zero-order chi connectivity index (χ0) is 33.2. The van der Waals surface area contributed by atoms with Crippen LogP contribution in [0.15, 0.2) is 133 Å². The van der Waals surface area contributed by atoms with Crippen LogP contribution in [0.5, 0.6) is 11.5 Å². The lowest BCUT2D eigenvalue weighted by atomic mass is 10.1. The first-order valence-corrected chi connectivity index (χ1v) is 17.0. The van der Waals surface area contributed by atoms with Crippen molar-refractivity contribution in [1.29, 1.82) is 0 Å². The van der Waals surface area contributed by atoms with Gasteiger partial charge < -0.3 is 18.4 Å². The van der Waals surface area contributed by atoms with Crippen LogP contribution in [0.2, 0.25) is 0 Å². The summed E-state index contributed by atoms with van der Waals surface area (Å²) in [6.45, 7) is 6.30. The number of hydrogen-bond donors (Lipinski definition) is 0. The van der Waals surface area contributed by atoms with Crippen LogP contribution in [-0.2, 0) is 13.1 Å². The van der Waals surface area contributed by atoms with Crippen molar-refractivity contribution in [3.63, 3.8) is 0 Å². The number of para-hydroxylation sites is 2. The molecule has 5 heteroatoms. The first-order valence-electron chi connectivity index (χ1n) is 17.0. The van der Waals surface area contributed by atoms with Gasteiger partial charge in [0.25, 0.3) is 0 Å². The number of hydrogen-bond acceptors (Lipinski definition) is 2. The van der Waals surface area contributed by atoms with E-state index in [1.807, 2.05) is 24.3 Å². The average Bonchev–Trinajstić information content (AvgIpc) is 3.65. The van der Waals surface area contributed by atoms with Crippen molar-refractivity contribution >= 4 is 75.6 Å². The monoisotopic (exact) mass is 636 g/mol. The molecule has 0 spiro atoms. The Morgan fingerprint density at radius 2 is 0.796 bits per heavy atom. The second kappa shape index (κ2) is 13.3. The number of aromatic nitrogens is 2. The Hall–Kier alpha value is -5.94. The molecule has 0 saturated heterocycles. The van der Waals surface area contributed by atoms with E-state index in [1.54, 1.807) is 0 Å². The molecule has 0 bridgehead atoms. The normalized spacial score (nSPS) is 11.9. The predicted octanol–water partition coefficient (Wildman–Crippen LogP) is 11.0. The van der Waals surface area contributed by atoms with Gasteiger partial charge in [-0.15, -0.1) is 0 Å². The lowest BCUT2D eigenvalue weighted by Crippen LogP contribution is -2.10. The van der Waals surface area contributed by atoms with Gasteiger partial charge >= 0.3 is 7.69 Å². The highest BCUT2D eigenvalue weighted by atomic mass is 16.6. The van der Waals surface area contributed by atoms with Crippen molar-refractivity contribution in [3.05, 3.63) is 156 Å². The van der Waals surface area contributed by atoms with E-state index in [0.717, 1.165) is 35.7 Å². The van der Waals surface area contributed by atoms with Crippen molar-refractivity contribution in [2.45, 2.75) is 26.9 Å². The van der Waals surface area contributed by atoms with Crippen molar-refractivity contribution in [2.24, 2.45) is 0 Å². The van der Waals surface area contributed by atoms with E-state index in [9.17, 15) is 0 Å². The van der Waals surface area contributed by atoms with E-state index in [1.165, 1.54) is 54.7 Å². The Balaban J connectivity index is 0.866. The summed E-state index contributed by atoms with van der Waals surface area (Å²) in [5, 5.41) is 5.18. The maximum atomic E-state index is 5.88. The third kappa shape index (κ3) is 6.00. The average molecular weight is 637 g/mol. The van der Waals surface area contributed by atoms with Crippen LogP contribution in [0.4, 0.5) is 0 Å². The van der Waals surface area contributed by atoms with Crippen LogP contribution in [0, 0.1) is 0 Å². The molecule has 8 rings (SSSR count). The summed E-state index contributed by atoms with van der Waals surface area (Å²) in [4.78, 5) is 0. The summed E-state index contributed by atoms with van der Waals surface area (Å²) in [6, 6.07) is 46.8. The summed E-state index contributed by atoms with van der Waals surface area (Å²) < 4.78 is 16.5. The van der Waals surface area contributed by atoms with E-state index in [4.69, 9.17) is 9.31 Å². The third-order valence-corrected chi connectivity index (χ3v) is 9.37. The second-order valence-corrected chi connectivity index (χ2v) is 12.3. The molecule has 0 aliphatic carbocycles. The number of rotatable bonds is 10. The van der Waals surface area contributed by atoms with Crippen LogP contribution < -0.4 is 9.31 Å². The first kappa shape index (κ1) is 30.4. The van der Waals surface area contributed by atoms with Gasteiger partial charge in [-0.25, -0.2) is 0 Å². The summed E-state index contributed by atoms with van der Waals surface area (Å²) in [6.07, 6.45) is 8.61. The fourth-order valence-electron chi connectivity index (χ4n) is 6.93. The van der Waals surface area contributed by atoms with Gasteiger partial charge in [0.2, 0.25) is 0 Å². The van der Waals surface area contributed by atoms with Crippen LogP contribution >= 0.6 is 0 Å². The minimum atomic E-state index is 0.140. The molecule has 0 unspecified atom stereocenters. The van der Waals surface area contributed by atoms with Crippen molar-refractivity contribution in [3.8, 4) is 11.5 Å². The van der Waals surface area contributed by atoms with Crippen LogP contribution in [0.3, 0.4) is 0 Å². The smallest absolute Gasteiger partial charge is 0.529 e. The topological polar surface area (TPSA) is 28.3 Å². The molecule has 0 atom stereocenters. The Labute approximate surface area is 287 Å². The lowest BCUT2D eigenvalue weighted by Gasteiger charge is -2.08. The molecular weight excluding hydrogens is 599 g/mol. The minimum Gasteiger partial charge on any atom is -0.529 e. The molecule has 4 nitrogen and oxygen atoms in total. The SMILES string of the molecule is CCn1c2ccccc2c2cc(/C=C/c3ccc(OBOc4ccc(/C=C/c5ccc6c(c5)c5ccccc5n6CC)cc4)cc3)ccc21. The molecule has 49 heavy (non-hydrogen) atoms. The van der Waals surface area contributed by atoms with Gasteiger partial charge in [-0.05, 0) is 96.8 Å². The van der Waals surface area contributed by atoms with Gasteiger partial charge in [-0.3, -0.25) is 0 Å². The summed E-state index contributed by atoms with van der Waals surface area (Å²) >= 11 is 0. The van der Waals surface area contributed by atoms with Crippen LogP contribution in [-0.4, -0.2) is 16.8 Å². The number of aryl methyl sites for hydroxylation is 2. The fraction of sp³-hybridized carbons (Fsp3) is 0.0909. The van der Waals surface area contributed by atoms with Gasteiger partial charge in [0.05, 0.1) is 0 Å². The molecular formula is C44H37BN2O2. The lowest BCUT2D eigenvalue weighted by molar-refractivity contribution is 0.459. The van der Waals surface area contributed by atoms with Crippen molar-refractivity contribution in [2.75, 3.05) is 0 Å². The highest BCUT2D eigenvalue weighted by Gasteiger charge is 2.10. The molecule has 8 aromatic rings. The molecule has 0 fully saturated rings. The van der Waals surface area contributed by atoms with Crippen molar-refractivity contribution in [1.82, 2.24) is 9.13 Å². The number of benzene rings is 6. The van der Waals surface area contributed by atoms with Gasteiger partial charge in [-0.2, -0.15) is 0 Å². The molecule has 0 N–H and O–H groups in total. The van der Waals surface area contributed by atoms with E-state index in [0.29, 0.717) is 0 Å². The molecule has 0 amide bonds.